The Bertz CT molecular complexity index is 1010. The van der Waals surface area contributed by atoms with E-state index in [2.05, 4.69) is 5.32 Å². The number of anilines is 1. The Kier molecular flexibility index (Phi) is 7.17. The van der Waals surface area contributed by atoms with Crippen molar-refractivity contribution in [1.29, 1.82) is 0 Å². The molecule has 0 unspecified atom stereocenters. The summed E-state index contributed by atoms with van der Waals surface area (Å²) in [4.78, 5) is 35.4. The first kappa shape index (κ1) is 22.9. The summed E-state index contributed by atoms with van der Waals surface area (Å²) in [6.07, 6.45) is -2.21. The maximum Gasteiger partial charge on any atom is 0.417 e. The van der Waals surface area contributed by atoms with Crippen LogP contribution in [0, 0.1) is 10.1 Å². The third kappa shape index (κ3) is 6.31. The second kappa shape index (κ2) is 9.40. The zero-order valence-corrected chi connectivity index (χ0v) is 16.2. The van der Waals surface area contributed by atoms with Crippen LogP contribution in [0.3, 0.4) is 0 Å². The summed E-state index contributed by atoms with van der Waals surface area (Å²) in [5, 5.41) is 12.5. The summed E-state index contributed by atoms with van der Waals surface area (Å²) < 4.78 is 38.6. The van der Waals surface area contributed by atoms with Crippen LogP contribution in [0.2, 0.25) is 5.02 Å². The number of nitro benzene ring substituents is 1. The molecule has 0 radical (unpaired) electrons. The van der Waals surface area contributed by atoms with E-state index in [9.17, 15) is 32.9 Å². The number of carbonyl (C=O) groups is 2. The van der Waals surface area contributed by atoms with Crippen molar-refractivity contribution in [2.75, 3.05) is 18.9 Å². The van der Waals surface area contributed by atoms with E-state index in [1.54, 1.807) is 6.07 Å². The van der Waals surface area contributed by atoms with Gasteiger partial charge >= 0.3 is 6.18 Å². The molecule has 0 fully saturated rings. The van der Waals surface area contributed by atoms with Crippen LogP contribution in [-0.2, 0) is 15.8 Å². The smallest absolute Gasteiger partial charge is 0.333 e. The van der Waals surface area contributed by atoms with E-state index >= 15 is 0 Å². The summed E-state index contributed by atoms with van der Waals surface area (Å²) in [5.74, 6) is -1.30. The fraction of sp³-hybridized carbons (Fsp3) is 0.158. The molecule has 0 aromatic heterocycles. The van der Waals surface area contributed by atoms with Crippen molar-refractivity contribution < 1.29 is 27.7 Å². The predicted octanol–water partition coefficient (Wildman–Crippen LogP) is 4.38. The lowest BCUT2D eigenvalue weighted by atomic mass is 10.2. The molecule has 0 atom stereocenters. The fourth-order valence-electron chi connectivity index (χ4n) is 2.35. The molecule has 1 N–H and O–H groups in total. The highest BCUT2D eigenvalue weighted by molar-refractivity contribution is 6.31. The molecule has 2 aromatic rings. The molecule has 2 rings (SSSR count). The van der Waals surface area contributed by atoms with E-state index in [0.29, 0.717) is 11.6 Å². The minimum Gasteiger partial charge on any atom is -0.333 e. The van der Waals surface area contributed by atoms with Crippen LogP contribution in [0.15, 0.2) is 48.5 Å². The molecule has 2 aromatic carbocycles. The summed E-state index contributed by atoms with van der Waals surface area (Å²) in [6.45, 7) is -0.428. The topological polar surface area (TPSA) is 92.6 Å². The molecule has 30 heavy (non-hydrogen) atoms. The minimum atomic E-state index is -4.68. The average Bonchev–Trinajstić information content (AvgIpc) is 2.66. The number of halogens is 4. The maximum absolute atomic E-state index is 12.9. The van der Waals surface area contributed by atoms with E-state index in [-0.39, 0.29) is 11.4 Å². The molecule has 0 saturated carbocycles. The number of nitrogens with zero attached hydrogens (tertiary/aromatic N) is 2. The summed E-state index contributed by atoms with van der Waals surface area (Å²) >= 11 is 5.53. The van der Waals surface area contributed by atoms with Gasteiger partial charge in [-0.2, -0.15) is 13.2 Å². The van der Waals surface area contributed by atoms with Gasteiger partial charge in [0.15, 0.2) is 0 Å². The van der Waals surface area contributed by atoms with Gasteiger partial charge in [0.25, 0.3) is 5.69 Å². The Balaban J connectivity index is 1.99. The first-order valence-corrected chi connectivity index (χ1v) is 8.69. The molecular formula is C19H15ClF3N3O4. The van der Waals surface area contributed by atoms with Crippen LogP contribution in [0.25, 0.3) is 6.08 Å². The van der Waals surface area contributed by atoms with Crippen LogP contribution in [0.1, 0.15) is 11.1 Å². The Morgan fingerprint density at radius 3 is 2.57 bits per heavy atom. The quantitative estimate of drug-likeness (QED) is 0.409. The zero-order chi connectivity index (χ0) is 22.5. The number of hydrogen-bond donors (Lipinski definition) is 1. The van der Waals surface area contributed by atoms with Crippen LogP contribution in [0.5, 0.6) is 0 Å². The Labute approximate surface area is 173 Å². The number of nitro groups is 1. The monoisotopic (exact) mass is 441 g/mol. The number of non-ortho nitro benzene ring substituents is 1. The number of nitrogens with one attached hydrogen (secondary N) is 1. The van der Waals surface area contributed by atoms with Gasteiger partial charge in [-0.3, -0.25) is 19.7 Å². The van der Waals surface area contributed by atoms with Gasteiger partial charge in [-0.15, -0.1) is 0 Å². The number of alkyl halides is 3. The van der Waals surface area contributed by atoms with Crippen LogP contribution >= 0.6 is 11.6 Å². The van der Waals surface area contributed by atoms with Crippen molar-refractivity contribution in [1.82, 2.24) is 4.90 Å². The first-order chi connectivity index (χ1) is 14.0. The lowest BCUT2D eigenvalue weighted by Crippen LogP contribution is -2.33. The van der Waals surface area contributed by atoms with E-state index in [1.165, 1.54) is 37.4 Å². The number of amides is 2. The van der Waals surface area contributed by atoms with Gasteiger partial charge in [0, 0.05) is 30.9 Å². The third-order valence-electron chi connectivity index (χ3n) is 3.81. The second-order valence-corrected chi connectivity index (χ2v) is 6.53. The molecule has 11 heteroatoms. The van der Waals surface area contributed by atoms with Crippen LogP contribution < -0.4 is 5.32 Å². The molecule has 0 bridgehead atoms. The van der Waals surface area contributed by atoms with Gasteiger partial charge in [-0.1, -0.05) is 23.7 Å². The lowest BCUT2D eigenvalue weighted by Gasteiger charge is -2.16. The molecule has 0 aliphatic heterocycles. The average molecular weight is 442 g/mol. The van der Waals surface area contributed by atoms with Gasteiger partial charge < -0.3 is 10.2 Å². The predicted molar refractivity (Wildman–Crippen MR) is 105 cm³/mol. The van der Waals surface area contributed by atoms with Crippen LogP contribution in [-0.4, -0.2) is 35.2 Å². The van der Waals surface area contributed by atoms with E-state index in [4.69, 9.17) is 11.6 Å². The highest BCUT2D eigenvalue weighted by Crippen LogP contribution is 2.36. The van der Waals surface area contributed by atoms with Gasteiger partial charge in [0.05, 0.1) is 22.1 Å². The largest absolute Gasteiger partial charge is 0.417 e. The summed E-state index contributed by atoms with van der Waals surface area (Å²) in [7, 11) is 1.32. The SMILES string of the molecule is CN(CC(=O)Nc1ccc(Cl)c(C(F)(F)F)c1)C(=O)/C=C\c1cccc([N+](=O)[O-])c1. The second-order valence-electron chi connectivity index (χ2n) is 6.12. The normalized spacial score (nSPS) is 11.4. The molecule has 0 aliphatic carbocycles. The standard InChI is InChI=1S/C19H15ClF3N3O4/c1-25(18(28)8-5-12-3-2-4-14(9-12)26(29)30)11-17(27)24-13-6-7-16(20)15(10-13)19(21,22)23/h2-10H,11H2,1H3,(H,24,27)/b8-5-. The molecule has 0 saturated heterocycles. The van der Waals surface area contributed by atoms with E-state index in [0.717, 1.165) is 17.0 Å². The molecule has 0 spiro atoms. The number of carbonyl (C=O) groups excluding carboxylic acids is 2. The molecule has 2 amide bonds. The maximum atomic E-state index is 12.9. The number of rotatable bonds is 6. The zero-order valence-electron chi connectivity index (χ0n) is 15.4. The Morgan fingerprint density at radius 1 is 1.23 bits per heavy atom. The van der Waals surface area contributed by atoms with Crippen molar-refractivity contribution in [2.45, 2.75) is 6.18 Å². The molecule has 0 aliphatic rings. The van der Waals surface area contributed by atoms with Crippen molar-refractivity contribution in [3.8, 4) is 0 Å². The third-order valence-corrected chi connectivity index (χ3v) is 4.14. The van der Waals surface area contributed by atoms with Gasteiger partial charge in [-0.25, -0.2) is 0 Å². The highest BCUT2D eigenvalue weighted by atomic mass is 35.5. The molecule has 158 valence electrons. The number of likely N-dealkylation sites (N-methyl/N-ethyl adjacent to an activating group) is 1. The fourth-order valence-corrected chi connectivity index (χ4v) is 2.58. The van der Waals surface area contributed by atoms with Gasteiger partial charge in [-0.05, 0) is 29.8 Å². The van der Waals surface area contributed by atoms with Gasteiger partial charge in [0.1, 0.15) is 0 Å². The highest BCUT2D eigenvalue weighted by Gasteiger charge is 2.33. The van der Waals surface area contributed by atoms with Crippen molar-refractivity contribution in [2.24, 2.45) is 0 Å². The van der Waals surface area contributed by atoms with Crippen LogP contribution in [0.4, 0.5) is 24.5 Å². The van der Waals surface area contributed by atoms with Gasteiger partial charge in [0.2, 0.25) is 11.8 Å². The summed E-state index contributed by atoms with van der Waals surface area (Å²) in [6, 6.07) is 8.51. The van der Waals surface area contributed by atoms with Crippen molar-refractivity contribution in [3.63, 3.8) is 0 Å². The van der Waals surface area contributed by atoms with E-state index < -0.39 is 40.0 Å². The summed E-state index contributed by atoms with van der Waals surface area (Å²) in [5.41, 5.74) is -0.939. The number of hydrogen-bond acceptors (Lipinski definition) is 4. The molecule has 0 heterocycles. The molecular weight excluding hydrogens is 427 g/mol. The Hall–Kier alpha value is -3.40. The van der Waals surface area contributed by atoms with Crippen molar-refractivity contribution in [3.05, 3.63) is 74.8 Å². The number of benzene rings is 2. The first-order valence-electron chi connectivity index (χ1n) is 8.31. The lowest BCUT2D eigenvalue weighted by molar-refractivity contribution is -0.384. The van der Waals surface area contributed by atoms with E-state index in [1.807, 2.05) is 0 Å². The Morgan fingerprint density at radius 2 is 1.93 bits per heavy atom. The molecule has 7 nitrogen and oxygen atoms in total. The van der Waals surface area contributed by atoms with Crippen molar-refractivity contribution >= 4 is 40.9 Å². The minimum absolute atomic E-state index is 0.121.